The number of hydrogen-bond donors (Lipinski definition) is 2. The Morgan fingerprint density at radius 2 is 2.00 bits per heavy atom. The number of hydrogen-bond acceptors (Lipinski definition) is 9. The SMILES string of the molecule is CC[C@@H]1CCCN1Cc1sc(NC(=O)c2cnc(N3CCC(C(=O)O)CC3)cn2)nc1-c1ccc2c(c1)CCO2. The lowest BCUT2D eigenvalue weighted by molar-refractivity contribution is -0.142. The third kappa shape index (κ3) is 5.53. The van der Waals surface area contributed by atoms with E-state index in [9.17, 15) is 14.7 Å². The van der Waals surface area contributed by atoms with Crippen LogP contribution in [-0.2, 0) is 17.8 Å². The van der Waals surface area contributed by atoms with Crippen molar-refractivity contribution in [1.82, 2.24) is 19.9 Å². The molecule has 0 bridgehead atoms. The molecular formula is C29H34N6O4S. The highest BCUT2D eigenvalue weighted by Gasteiger charge is 2.27. The Hall–Kier alpha value is -3.57. The van der Waals surface area contributed by atoms with Gasteiger partial charge in [-0.15, -0.1) is 0 Å². The number of nitrogens with one attached hydrogen (secondary N) is 1. The molecule has 3 aliphatic rings. The summed E-state index contributed by atoms with van der Waals surface area (Å²) < 4.78 is 5.70. The van der Waals surface area contributed by atoms with E-state index < -0.39 is 5.97 Å². The third-order valence-corrected chi connectivity index (χ3v) is 9.19. The summed E-state index contributed by atoms with van der Waals surface area (Å²) in [4.78, 5) is 43.7. The van der Waals surface area contributed by atoms with Crippen molar-refractivity contribution in [3.63, 3.8) is 0 Å². The van der Waals surface area contributed by atoms with Gasteiger partial charge in [-0.05, 0) is 62.4 Å². The van der Waals surface area contributed by atoms with Crippen LogP contribution in [0.4, 0.5) is 10.9 Å². The molecule has 40 heavy (non-hydrogen) atoms. The van der Waals surface area contributed by atoms with Crippen LogP contribution in [-0.4, -0.2) is 69.1 Å². The molecule has 2 fully saturated rings. The molecule has 0 unspecified atom stereocenters. The molecule has 3 aromatic rings. The Bertz CT molecular complexity index is 1390. The van der Waals surface area contributed by atoms with Crippen molar-refractivity contribution < 1.29 is 19.4 Å². The molecule has 0 saturated carbocycles. The predicted molar refractivity (Wildman–Crippen MR) is 153 cm³/mol. The van der Waals surface area contributed by atoms with E-state index >= 15 is 0 Å². The summed E-state index contributed by atoms with van der Waals surface area (Å²) in [5.74, 6) is 0.169. The van der Waals surface area contributed by atoms with Crippen LogP contribution in [0.25, 0.3) is 11.3 Å². The zero-order chi connectivity index (χ0) is 27.6. The number of amides is 1. The summed E-state index contributed by atoms with van der Waals surface area (Å²) in [5, 5.41) is 12.7. The zero-order valence-corrected chi connectivity index (χ0v) is 23.5. The monoisotopic (exact) mass is 562 g/mol. The first-order chi connectivity index (χ1) is 19.5. The highest BCUT2D eigenvalue weighted by molar-refractivity contribution is 7.16. The molecule has 3 aliphatic heterocycles. The van der Waals surface area contributed by atoms with Crippen molar-refractivity contribution in [2.75, 3.05) is 36.5 Å². The van der Waals surface area contributed by atoms with Crippen molar-refractivity contribution in [2.24, 2.45) is 5.92 Å². The van der Waals surface area contributed by atoms with E-state index in [0.29, 0.717) is 49.5 Å². The average Bonchev–Trinajstić information content (AvgIpc) is 3.73. The molecule has 2 N–H and O–H groups in total. The van der Waals surface area contributed by atoms with E-state index in [0.717, 1.165) is 47.8 Å². The van der Waals surface area contributed by atoms with Gasteiger partial charge in [-0.2, -0.15) is 0 Å². The molecule has 0 aliphatic carbocycles. The number of ether oxygens (including phenoxy) is 1. The van der Waals surface area contributed by atoms with Crippen molar-refractivity contribution in [1.29, 1.82) is 0 Å². The van der Waals surface area contributed by atoms with Gasteiger partial charge < -0.3 is 14.7 Å². The molecule has 1 atom stereocenters. The van der Waals surface area contributed by atoms with Crippen LogP contribution >= 0.6 is 11.3 Å². The molecule has 11 heteroatoms. The number of nitrogens with zero attached hydrogens (tertiary/aromatic N) is 5. The normalized spacial score (nSPS) is 19.4. The Morgan fingerprint density at radius 3 is 2.75 bits per heavy atom. The van der Waals surface area contributed by atoms with Gasteiger partial charge in [-0.3, -0.25) is 19.8 Å². The van der Waals surface area contributed by atoms with Crippen molar-refractivity contribution in [3.8, 4) is 17.0 Å². The number of likely N-dealkylation sites (tertiary alicyclic amines) is 1. The maximum atomic E-state index is 13.1. The summed E-state index contributed by atoms with van der Waals surface area (Å²) >= 11 is 1.52. The fourth-order valence-corrected chi connectivity index (χ4v) is 6.94. The molecule has 5 heterocycles. The first kappa shape index (κ1) is 26.6. The van der Waals surface area contributed by atoms with Gasteiger partial charge in [0.1, 0.15) is 17.3 Å². The molecule has 2 saturated heterocycles. The van der Waals surface area contributed by atoms with Crippen molar-refractivity contribution in [2.45, 2.75) is 58.0 Å². The molecule has 1 amide bonds. The minimum absolute atomic E-state index is 0.211. The maximum absolute atomic E-state index is 13.1. The highest BCUT2D eigenvalue weighted by Crippen LogP contribution is 2.37. The van der Waals surface area contributed by atoms with Gasteiger partial charge in [0.15, 0.2) is 5.13 Å². The Balaban J connectivity index is 1.19. The predicted octanol–water partition coefficient (Wildman–Crippen LogP) is 4.46. The number of aromatic nitrogens is 3. The number of fused-ring (bicyclic) bond motifs is 1. The number of carbonyl (C=O) groups excluding carboxylic acids is 1. The van der Waals surface area contributed by atoms with Crippen LogP contribution in [0, 0.1) is 5.92 Å². The van der Waals surface area contributed by atoms with E-state index in [1.165, 1.54) is 35.9 Å². The second-order valence-electron chi connectivity index (χ2n) is 10.7. The number of benzene rings is 1. The van der Waals surface area contributed by atoms with Gasteiger partial charge in [0.05, 0.1) is 30.6 Å². The number of anilines is 2. The first-order valence-corrected chi connectivity index (χ1v) is 14.9. The lowest BCUT2D eigenvalue weighted by Crippen LogP contribution is -2.36. The smallest absolute Gasteiger partial charge is 0.306 e. The van der Waals surface area contributed by atoms with E-state index in [2.05, 4.69) is 39.2 Å². The minimum Gasteiger partial charge on any atom is -0.493 e. The zero-order valence-electron chi connectivity index (χ0n) is 22.6. The summed E-state index contributed by atoms with van der Waals surface area (Å²) in [6.45, 7) is 6.04. The van der Waals surface area contributed by atoms with Crippen molar-refractivity contribution in [3.05, 3.63) is 46.7 Å². The molecule has 210 valence electrons. The molecule has 2 aromatic heterocycles. The number of carboxylic acid groups (broad SMARTS) is 1. The summed E-state index contributed by atoms with van der Waals surface area (Å²) in [6.07, 6.45) is 8.64. The Labute approximate surface area is 237 Å². The van der Waals surface area contributed by atoms with Gasteiger partial charge in [-0.25, -0.2) is 15.0 Å². The number of carboxylic acids is 1. The average molecular weight is 563 g/mol. The second-order valence-corrected chi connectivity index (χ2v) is 11.8. The van der Waals surface area contributed by atoms with Gasteiger partial charge in [-0.1, -0.05) is 18.3 Å². The van der Waals surface area contributed by atoms with Gasteiger partial charge in [0.2, 0.25) is 0 Å². The topological polar surface area (TPSA) is 121 Å². The third-order valence-electron chi connectivity index (χ3n) is 8.24. The second kappa shape index (κ2) is 11.5. The van der Waals surface area contributed by atoms with Crippen LogP contribution in [0.15, 0.2) is 30.6 Å². The van der Waals surface area contributed by atoms with Crippen LogP contribution in [0.2, 0.25) is 0 Å². The van der Waals surface area contributed by atoms with Crippen LogP contribution < -0.4 is 15.0 Å². The van der Waals surface area contributed by atoms with E-state index in [1.54, 1.807) is 6.20 Å². The number of thiazole rings is 1. The van der Waals surface area contributed by atoms with Crippen molar-refractivity contribution >= 4 is 34.2 Å². The van der Waals surface area contributed by atoms with E-state index in [4.69, 9.17) is 9.72 Å². The number of carbonyl (C=O) groups is 2. The number of rotatable bonds is 8. The van der Waals surface area contributed by atoms with Crippen LogP contribution in [0.3, 0.4) is 0 Å². The van der Waals surface area contributed by atoms with Gasteiger partial charge in [0.25, 0.3) is 5.91 Å². The molecule has 0 spiro atoms. The Kier molecular flexibility index (Phi) is 7.66. The maximum Gasteiger partial charge on any atom is 0.306 e. The minimum atomic E-state index is -0.748. The largest absolute Gasteiger partial charge is 0.493 e. The highest BCUT2D eigenvalue weighted by atomic mass is 32.1. The fourth-order valence-electron chi connectivity index (χ4n) is 5.94. The molecule has 1 aromatic carbocycles. The summed E-state index contributed by atoms with van der Waals surface area (Å²) in [7, 11) is 0. The number of piperidine rings is 1. The van der Waals surface area contributed by atoms with Crippen LogP contribution in [0.1, 0.15) is 60.0 Å². The standard InChI is InChI=1S/C29H34N6O4S/c1-2-21-4-3-10-35(21)17-24-26(20-5-6-23-19(14-20)9-13-39-23)32-29(40-24)33-27(36)22-15-31-25(16-30-22)34-11-7-18(8-12-34)28(37)38/h5-6,14-16,18,21H,2-4,7-13,17H2,1H3,(H,37,38)(H,32,33,36)/t21-/m1/s1. The number of aliphatic carboxylic acids is 1. The fraction of sp³-hybridized carbons (Fsp3) is 0.483. The molecular weight excluding hydrogens is 528 g/mol. The Morgan fingerprint density at radius 1 is 1.15 bits per heavy atom. The van der Waals surface area contributed by atoms with Crippen LogP contribution in [0.5, 0.6) is 5.75 Å². The molecule has 0 radical (unpaired) electrons. The van der Waals surface area contributed by atoms with Gasteiger partial charge in [0, 0.05) is 42.5 Å². The summed E-state index contributed by atoms with van der Waals surface area (Å²) in [5.41, 5.74) is 3.35. The van der Waals surface area contributed by atoms with E-state index in [1.807, 2.05) is 11.0 Å². The lowest BCUT2D eigenvalue weighted by atomic mass is 9.97. The quantitative estimate of drug-likeness (QED) is 0.410. The van der Waals surface area contributed by atoms with E-state index in [-0.39, 0.29) is 17.5 Å². The lowest BCUT2D eigenvalue weighted by Gasteiger charge is -2.30. The first-order valence-electron chi connectivity index (χ1n) is 14.1. The molecule has 6 rings (SSSR count). The summed E-state index contributed by atoms with van der Waals surface area (Å²) in [6, 6.07) is 6.81. The molecule has 10 nitrogen and oxygen atoms in total. The van der Waals surface area contributed by atoms with Gasteiger partial charge >= 0.3 is 5.97 Å².